The van der Waals surface area contributed by atoms with Crippen LogP contribution in [0.4, 0.5) is 0 Å². The number of nitrogens with zero attached hydrogens (tertiary/aromatic N) is 2. The van der Waals surface area contributed by atoms with E-state index in [0.717, 1.165) is 17.0 Å². The lowest BCUT2D eigenvalue weighted by Crippen LogP contribution is -1.94. The molecule has 0 aliphatic heterocycles. The molecule has 0 N–H and O–H groups in total. The Morgan fingerprint density at radius 2 is 2.06 bits per heavy atom. The van der Waals surface area contributed by atoms with Gasteiger partial charge in [0.05, 0.1) is 0 Å². The van der Waals surface area contributed by atoms with Crippen LogP contribution in [0.2, 0.25) is 0 Å². The number of hydrogen-bond acceptors (Lipinski definition) is 4. The SMILES string of the molecule is CC#CCCOc1nnc(-c2ccccc2)s1. The van der Waals surface area contributed by atoms with Crippen LogP contribution in [0.15, 0.2) is 30.3 Å². The molecule has 1 heterocycles. The van der Waals surface area contributed by atoms with Gasteiger partial charge in [-0.2, -0.15) is 0 Å². The highest BCUT2D eigenvalue weighted by Gasteiger charge is 2.06. The summed E-state index contributed by atoms with van der Waals surface area (Å²) in [6, 6.07) is 9.95. The first kappa shape index (κ1) is 11.6. The Bertz CT molecular complexity index is 525. The molecule has 1 aromatic heterocycles. The maximum Gasteiger partial charge on any atom is 0.294 e. The van der Waals surface area contributed by atoms with E-state index < -0.39 is 0 Å². The summed E-state index contributed by atoms with van der Waals surface area (Å²) >= 11 is 1.45. The van der Waals surface area contributed by atoms with E-state index in [1.54, 1.807) is 0 Å². The Morgan fingerprint density at radius 1 is 1.24 bits per heavy atom. The van der Waals surface area contributed by atoms with Gasteiger partial charge in [0.15, 0.2) is 5.01 Å². The molecule has 0 saturated carbocycles. The van der Waals surface area contributed by atoms with E-state index in [-0.39, 0.29) is 0 Å². The molecule has 0 saturated heterocycles. The van der Waals surface area contributed by atoms with Crippen LogP contribution < -0.4 is 4.74 Å². The van der Waals surface area contributed by atoms with E-state index in [1.807, 2.05) is 37.3 Å². The minimum Gasteiger partial charge on any atom is -0.468 e. The van der Waals surface area contributed by atoms with E-state index in [2.05, 4.69) is 22.0 Å². The molecule has 0 spiro atoms. The Balaban J connectivity index is 1.98. The molecule has 86 valence electrons. The molecule has 0 atom stereocenters. The fourth-order valence-electron chi connectivity index (χ4n) is 1.28. The average molecular weight is 244 g/mol. The molecule has 0 fully saturated rings. The lowest BCUT2D eigenvalue weighted by Gasteiger charge is -1.95. The fraction of sp³-hybridized carbons (Fsp3) is 0.231. The van der Waals surface area contributed by atoms with Crippen molar-refractivity contribution in [2.24, 2.45) is 0 Å². The molecule has 3 nitrogen and oxygen atoms in total. The average Bonchev–Trinajstić information content (AvgIpc) is 2.85. The number of ether oxygens (including phenoxy) is 1. The van der Waals surface area contributed by atoms with Gasteiger partial charge in [-0.25, -0.2) is 0 Å². The summed E-state index contributed by atoms with van der Waals surface area (Å²) < 4.78 is 5.45. The van der Waals surface area contributed by atoms with Crippen molar-refractivity contribution in [2.45, 2.75) is 13.3 Å². The van der Waals surface area contributed by atoms with Crippen LogP contribution in [-0.2, 0) is 0 Å². The summed E-state index contributed by atoms with van der Waals surface area (Å²) in [5.74, 6) is 5.76. The zero-order chi connectivity index (χ0) is 11.9. The molecule has 2 aromatic rings. The largest absolute Gasteiger partial charge is 0.468 e. The van der Waals surface area contributed by atoms with Crippen LogP contribution in [0, 0.1) is 11.8 Å². The van der Waals surface area contributed by atoms with Crippen molar-refractivity contribution < 1.29 is 4.74 Å². The number of hydrogen-bond donors (Lipinski definition) is 0. The first-order valence-corrected chi connectivity index (χ1v) is 6.13. The van der Waals surface area contributed by atoms with Crippen molar-refractivity contribution in [2.75, 3.05) is 6.61 Å². The molecule has 1 aromatic carbocycles. The minimum atomic E-state index is 0.560. The monoisotopic (exact) mass is 244 g/mol. The quantitative estimate of drug-likeness (QED) is 0.612. The second-order valence-electron chi connectivity index (χ2n) is 3.26. The van der Waals surface area contributed by atoms with Gasteiger partial charge >= 0.3 is 0 Å². The zero-order valence-electron chi connectivity index (χ0n) is 9.51. The van der Waals surface area contributed by atoms with Crippen LogP contribution in [0.3, 0.4) is 0 Å². The van der Waals surface area contributed by atoms with Gasteiger partial charge in [-0.05, 0) is 6.92 Å². The second-order valence-corrected chi connectivity index (χ2v) is 4.20. The van der Waals surface area contributed by atoms with Gasteiger partial charge in [0, 0.05) is 12.0 Å². The normalized spacial score (nSPS) is 9.47. The summed E-state index contributed by atoms with van der Waals surface area (Å²) in [6.45, 7) is 2.38. The van der Waals surface area contributed by atoms with Gasteiger partial charge in [0.2, 0.25) is 0 Å². The summed E-state index contributed by atoms with van der Waals surface area (Å²) in [5, 5.41) is 9.56. The highest BCUT2D eigenvalue weighted by Crippen LogP contribution is 2.27. The smallest absolute Gasteiger partial charge is 0.294 e. The van der Waals surface area contributed by atoms with E-state index in [0.29, 0.717) is 11.8 Å². The standard InChI is InChI=1S/C13H12N2OS/c1-2-3-7-10-16-13-15-14-12(17-13)11-8-5-4-6-9-11/h4-6,8-9H,7,10H2,1H3. The molecule has 0 bridgehead atoms. The summed E-state index contributed by atoms with van der Waals surface area (Å²) in [7, 11) is 0. The first-order valence-electron chi connectivity index (χ1n) is 5.31. The van der Waals surface area contributed by atoms with Crippen LogP contribution in [0.1, 0.15) is 13.3 Å². The number of benzene rings is 1. The number of rotatable bonds is 4. The predicted molar refractivity (Wildman–Crippen MR) is 68.9 cm³/mol. The first-order chi connectivity index (χ1) is 8.40. The van der Waals surface area contributed by atoms with Crippen LogP contribution in [0.25, 0.3) is 10.6 Å². The summed E-state index contributed by atoms with van der Waals surface area (Å²) in [5.41, 5.74) is 1.06. The Morgan fingerprint density at radius 3 is 2.82 bits per heavy atom. The van der Waals surface area contributed by atoms with Gasteiger partial charge in [0.25, 0.3) is 5.19 Å². The topological polar surface area (TPSA) is 35.0 Å². The molecule has 0 aliphatic rings. The minimum absolute atomic E-state index is 0.560. The van der Waals surface area contributed by atoms with Crippen molar-refractivity contribution >= 4 is 11.3 Å². The molecule has 2 rings (SSSR count). The van der Waals surface area contributed by atoms with Gasteiger partial charge in [-0.1, -0.05) is 46.8 Å². The Hall–Kier alpha value is -1.86. The van der Waals surface area contributed by atoms with Crippen molar-refractivity contribution in [3.8, 4) is 27.6 Å². The molecule has 0 amide bonds. The highest BCUT2D eigenvalue weighted by molar-refractivity contribution is 7.16. The maximum atomic E-state index is 5.45. The van der Waals surface area contributed by atoms with Crippen molar-refractivity contribution in [3.63, 3.8) is 0 Å². The summed E-state index contributed by atoms with van der Waals surface area (Å²) in [6.07, 6.45) is 0.719. The summed E-state index contributed by atoms with van der Waals surface area (Å²) in [4.78, 5) is 0. The van der Waals surface area contributed by atoms with E-state index in [1.165, 1.54) is 11.3 Å². The third-order valence-electron chi connectivity index (χ3n) is 2.06. The molecule has 4 heteroatoms. The molecular weight excluding hydrogens is 232 g/mol. The molecule has 0 unspecified atom stereocenters. The lowest BCUT2D eigenvalue weighted by atomic mass is 10.2. The van der Waals surface area contributed by atoms with Gasteiger partial charge in [-0.3, -0.25) is 0 Å². The second kappa shape index (κ2) is 6.02. The van der Waals surface area contributed by atoms with Crippen molar-refractivity contribution in [3.05, 3.63) is 30.3 Å². The zero-order valence-corrected chi connectivity index (χ0v) is 10.3. The van der Waals surface area contributed by atoms with E-state index >= 15 is 0 Å². The lowest BCUT2D eigenvalue weighted by molar-refractivity contribution is 0.322. The number of aromatic nitrogens is 2. The molecule has 0 radical (unpaired) electrons. The van der Waals surface area contributed by atoms with Crippen molar-refractivity contribution in [1.29, 1.82) is 0 Å². The predicted octanol–water partition coefficient (Wildman–Crippen LogP) is 3.00. The van der Waals surface area contributed by atoms with Crippen LogP contribution in [-0.4, -0.2) is 16.8 Å². The van der Waals surface area contributed by atoms with Gasteiger partial charge in [0.1, 0.15) is 6.61 Å². The van der Waals surface area contributed by atoms with Crippen LogP contribution in [0.5, 0.6) is 5.19 Å². The third-order valence-corrected chi connectivity index (χ3v) is 2.94. The van der Waals surface area contributed by atoms with Crippen LogP contribution >= 0.6 is 11.3 Å². The van der Waals surface area contributed by atoms with E-state index in [9.17, 15) is 0 Å². The third kappa shape index (κ3) is 3.30. The Labute approximate surface area is 104 Å². The Kier molecular flexibility index (Phi) is 4.11. The maximum absolute atomic E-state index is 5.45. The highest BCUT2D eigenvalue weighted by atomic mass is 32.1. The molecule has 0 aliphatic carbocycles. The molecule has 17 heavy (non-hydrogen) atoms. The van der Waals surface area contributed by atoms with Crippen molar-refractivity contribution in [1.82, 2.24) is 10.2 Å². The van der Waals surface area contributed by atoms with E-state index in [4.69, 9.17) is 4.74 Å². The van der Waals surface area contributed by atoms with Gasteiger partial charge < -0.3 is 4.74 Å². The molecular formula is C13H12N2OS. The fourth-order valence-corrected chi connectivity index (χ4v) is 2.00. The van der Waals surface area contributed by atoms with Gasteiger partial charge in [-0.15, -0.1) is 16.9 Å².